The number of carbonyl (C=O) groups is 3. The lowest BCUT2D eigenvalue weighted by Gasteiger charge is -2.38. The number of amides is 3. The van der Waals surface area contributed by atoms with E-state index in [-0.39, 0.29) is 23.6 Å². The van der Waals surface area contributed by atoms with Gasteiger partial charge in [0.2, 0.25) is 17.7 Å². The highest BCUT2D eigenvalue weighted by Crippen LogP contribution is 2.20. The number of likely N-dealkylation sites (tertiary alicyclic amines) is 1. The van der Waals surface area contributed by atoms with Gasteiger partial charge in [-0.1, -0.05) is 0 Å². The molecule has 2 rings (SSSR count). The second kappa shape index (κ2) is 7.09. The van der Waals surface area contributed by atoms with Gasteiger partial charge in [0.25, 0.3) is 0 Å². The summed E-state index contributed by atoms with van der Waals surface area (Å²) in [7, 11) is 0. The Bertz CT molecular complexity index is 446. The zero-order valence-electron chi connectivity index (χ0n) is 13.5. The molecule has 0 aliphatic carbocycles. The molecule has 3 amide bonds. The van der Waals surface area contributed by atoms with E-state index in [1.54, 1.807) is 11.8 Å². The van der Waals surface area contributed by atoms with Crippen molar-refractivity contribution >= 4 is 17.7 Å². The van der Waals surface area contributed by atoms with Crippen molar-refractivity contribution in [3.05, 3.63) is 0 Å². The topological polar surface area (TPSA) is 87.0 Å². The molecule has 0 aromatic rings. The van der Waals surface area contributed by atoms with Gasteiger partial charge in [0.05, 0.1) is 5.92 Å². The van der Waals surface area contributed by atoms with Gasteiger partial charge in [0, 0.05) is 59.2 Å². The summed E-state index contributed by atoms with van der Waals surface area (Å²) in [6.45, 7) is 7.04. The Morgan fingerprint density at radius 1 is 0.864 bits per heavy atom. The number of nitrogens with two attached hydrogens (primary N) is 1. The summed E-state index contributed by atoms with van der Waals surface area (Å²) < 4.78 is 0. The fourth-order valence-corrected chi connectivity index (χ4v) is 3.38. The van der Waals surface area contributed by atoms with Crippen molar-refractivity contribution in [2.75, 3.05) is 39.3 Å². The number of piperidine rings is 1. The monoisotopic (exact) mass is 310 g/mol. The summed E-state index contributed by atoms with van der Waals surface area (Å²) in [5, 5.41) is 0. The molecule has 2 saturated heterocycles. The van der Waals surface area contributed by atoms with Crippen LogP contribution in [0.3, 0.4) is 0 Å². The van der Waals surface area contributed by atoms with Crippen LogP contribution in [0.4, 0.5) is 0 Å². The summed E-state index contributed by atoms with van der Waals surface area (Å²) in [5.74, 6) is -0.567. The quantitative estimate of drug-likeness (QED) is 0.728. The summed E-state index contributed by atoms with van der Waals surface area (Å²) in [4.78, 5) is 40.5. The van der Waals surface area contributed by atoms with Gasteiger partial charge >= 0.3 is 0 Å². The van der Waals surface area contributed by atoms with E-state index in [1.807, 2.05) is 4.90 Å². The minimum absolute atomic E-state index is 0.0144. The Morgan fingerprint density at radius 2 is 1.45 bits per heavy atom. The first-order chi connectivity index (χ1) is 10.4. The Labute approximate surface area is 131 Å². The van der Waals surface area contributed by atoms with Crippen LogP contribution in [0, 0.1) is 5.92 Å². The average Bonchev–Trinajstić information content (AvgIpc) is 2.70. The number of carbonyl (C=O) groups excluding carboxylic acids is 3. The maximum absolute atomic E-state index is 11.6. The van der Waals surface area contributed by atoms with Crippen molar-refractivity contribution in [3.8, 4) is 0 Å². The van der Waals surface area contributed by atoms with Crippen molar-refractivity contribution < 1.29 is 14.4 Å². The molecule has 2 fully saturated rings. The highest BCUT2D eigenvalue weighted by atomic mass is 16.2. The van der Waals surface area contributed by atoms with E-state index in [9.17, 15) is 14.4 Å². The molecule has 0 bridgehead atoms. The minimum atomic E-state index is -0.348. The summed E-state index contributed by atoms with van der Waals surface area (Å²) in [5.41, 5.74) is 5.50. The van der Waals surface area contributed by atoms with E-state index in [0.717, 1.165) is 32.5 Å². The highest BCUT2D eigenvalue weighted by Gasteiger charge is 2.32. The van der Waals surface area contributed by atoms with Crippen molar-refractivity contribution in [3.63, 3.8) is 0 Å². The van der Waals surface area contributed by atoms with E-state index < -0.39 is 0 Å². The average molecular weight is 310 g/mol. The Balaban J connectivity index is 2.00. The molecule has 22 heavy (non-hydrogen) atoms. The van der Waals surface area contributed by atoms with Crippen LogP contribution in [0.25, 0.3) is 0 Å². The van der Waals surface area contributed by atoms with Gasteiger partial charge in [-0.05, 0) is 12.8 Å². The van der Waals surface area contributed by atoms with Gasteiger partial charge in [-0.25, -0.2) is 0 Å². The fraction of sp³-hybridized carbons (Fsp3) is 0.800. The Kier molecular flexibility index (Phi) is 5.39. The molecule has 0 radical (unpaired) electrons. The minimum Gasteiger partial charge on any atom is -0.369 e. The summed E-state index contributed by atoms with van der Waals surface area (Å²) >= 11 is 0. The van der Waals surface area contributed by atoms with Gasteiger partial charge < -0.3 is 15.5 Å². The molecule has 2 heterocycles. The van der Waals surface area contributed by atoms with E-state index in [2.05, 4.69) is 4.90 Å². The third kappa shape index (κ3) is 3.97. The van der Waals surface area contributed by atoms with Crippen molar-refractivity contribution in [1.82, 2.24) is 14.7 Å². The fourth-order valence-electron chi connectivity index (χ4n) is 3.38. The first kappa shape index (κ1) is 16.7. The first-order valence-corrected chi connectivity index (χ1v) is 7.93. The van der Waals surface area contributed by atoms with E-state index in [4.69, 9.17) is 5.73 Å². The number of rotatable bonds is 2. The third-order valence-corrected chi connectivity index (χ3v) is 4.83. The maximum atomic E-state index is 11.6. The van der Waals surface area contributed by atoms with Crippen LogP contribution in [-0.2, 0) is 14.4 Å². The molecule has 0 aromatic carbocycles. The van der Waals surface area contributed by atoms with E-state index in [0.29, 0.717) is 25.7 Å². The zero-order chi connectivity index (χ0) is 16.3. The Hall–Kier alpha value is -1.63. The number of nitrogens with zero attached hydrogens (tertiary/aromatic N) is 3. The molecule has 0 saturated carbocycles. The molecule has 124 valence electrons. The lowest BCUT2D eigenvalue weighted by atomic mass is 10.0. The lowest BCUT2D eigenvalue weighted by Crippen LogP contribution is -2.48. The van der Waals surface area contributed by atoms with E-state index >= 15 is 0 Å². The van der Waals surface area contributed by atoms with Gasteiger partial charge in [0.15, 0.2) is 0 Å². The smallest absolute Gasteiger partial charge is 0.223 e. The largest absolute Gasteiger partial charge is 0.369 e. The lowest BCUT2D eigenvalue weighted by molar-refractivity contribution is -0.131. The van der Waals surface area contributed by atoms with Crippen molar-refractivity contribution in [2.24, 2.45) is 11.7 Å². The van der Waals surface area contributed by atoms with Crippen LogP contribution in [0.15, 0.2) is 0 Å². The zero-order valence-corrected chi connectivity index (χ0v) is 13.5. The molecule has 0 aromatic heterocycles. The molecule has 0 spiro atoms. The SMILES string of the molecule is CC(=O)N1CCC(N2CCN(C(C)=O)C[C@H](C(N)=O)C2)CC1. The maximum Gasteiger partial charge on any atom is 0.223 e. The predicted molar refractivity (Wildman–Crippen MR) is 81.8 cm³/mol. The van der Waals surface area contributed by atoms with Crippen LogP contribution in [0.2, 0.25) is 0 Å². The van der Waals surface area contributed by atoms with E-state index in [1.165, 1.54) is 6.92 Å². The van der Waals surface area contributed by atoms with Gasteiger partial charge in [-0.2, -0.15) is 0 Å². The number of hydrogen-bond acceptors (Lipinski definition) is 4. The van der Waals surface area contributed by atoms with Crippen molar-refractivity contribution in [1.29, 1.82) is 0 Å². The second-order valence-corrected chi connectivity index (χ2v) is 6.30. The molecule has 0 unspecified atom stereocenters. The van der Waals surface area contributed by atoms with Crippen LogP contribution < -0.4 is 5.73 Å². The van der Waals surface area contributed by atoms with Crippen LogP contribution >= 0.6 is 0 Å². The molecule has 2 N–H and O–H groups in total. The molecular formula is C15H26N4O3. The van der Waals surface area contributed by atoms with Gasteiger partial charge in [0.1, 0.15) is 0 Å². The molecule has 2 aliphatic rings. The highest BCUT2D eigenvalue weighted by molar-refractivity contribution is 5.79. The molecule has 2 aliphatic heterocycles. The van der Waals surface area contributed by atoms with Gasteiger partial charge in [-0.3, -0.25) is 19.3 Å². The van der Waals surface area contributed by atoms with Gasteiger partial charge in [-0.15, -0.1) is 0 Å². The third-order valence-electron chi connectivity index (χ3n) is 4.83. The standard InChI is InChI=1S/C15H26N4O3/c1-11(20)17-5-3-14(4-6-17)19-8-7-18(12(2)21)9-13(10-19)15(16)22/h13-14H,3-10H2,1-2H3,(H2,16,22)/t13-/m0/s1. The second-order valence-electron chi connectivity index (χ2n) is 6.30. The number of hydrogen-bond donors (Lipinski definition) is 1. The van der Waals surface area contributed by atoms with Crippen molar-refractivity contribution in [2.45, 2.75) is 32.7 Å². The molecule has 1 atom stereocenters. The summed E-state index contributed by atoms with van der Waals surface area (Å²) in [6.07, 6.45) is 1.82. The molecular weight excluding hydrogens is 284 g/mol. The number of primary amides is 1. The van der Waals surface area contributed by atoms with Crippen LogP contribution in [-0.4, -0.2) is 77.7 Å². The predicted octanol–water partition coefficient (Wildman–Crippen LogP) is -0.737. The van der Waals surface area contributed by atoms with Crippen LogP contribution in [0.1, 0.15) is 26.7 Å². The molecule has 7 nitrogen and oxygen atoms in total. The summed E-state index contributed by atoms with van der Waals surface area (Å²) in [6, 6.07) is 0.351. The normalized spacial score (nSPS) is 24.9. The Morgan fingerprint density at radius 3 is 1.95 bits per heavy atom. The van der Waals surface area contributed by atoms with Crippen LogP contribution in [0.5, 0.6) is 0 Å². The first-order valence-electron chi connectivity index (χ1n) is 7.93. The molecule has 7 heteroatoms.